The van der Waals surface area contributed by atoms with Crippen molar-refractivity contribution >= 4 is 51.8 Å². The number of hydrogen-bond donors (Lipinski definition) is 2. The van der Waals surface area contributed by atoms with Gasteiger partial charge in [0.2, 0.25) is 5.91 Å². The van der Waals surface area contributed by atoms with Crippen molar-refractivity contribution in [2.45, 2.75) is 32.1 Å². The zero-order chi connectivity index (χ0) is 17.4. The van der Waals surface area contributed by atoms with E-state index >= 15 is 0 Å². The summed E-state index contributed by atoms with van der Waals surface area (Å²) in [4.78, 5) is 17.8. The number of likely N-dealkylation sites (tertiary alicyclic amines) is 1. The van der Waals surface area contributed by atoms with Crippen LogP contribution in [0.25, 0.3) is 0 Å². The lowest BCUT2D eigenvalue weighted by Crippen LogP contribution is -2.47. The number of hydrogen-bond acceptors (Lipinski definition) is 2. The van der Waals surface area contributed by atoms with E-state index in [1.165, 1.54) is 5.56 Å². The molecule has 1 atom stereocenters. The fourth-order valence-corrected chi connectivity index (χ4v) is 3.67. The largest absolute Gasteiger partial charge is 0.370 e. The van der Waals surface area contributed by atoms with Crippen molar-refractivity contribution in [1.29, 1.82) is 0 Å². The predicted octanol–water partition coefficient (Wildman–Crippen LogP) is 3.16. The first kappa shape index (κ1) is 22.2. The highest BCUT2D eigenvalue weighted by Crippen LogP contribution is 2.19. The first-order chi connectivity index (χ1) is 11.6. The highest BCUT2D eigenvalue weighted by molar-refractivity contribution is 14.0. The van der Waals surface area contributed by atoms with E-state index in [2.05, 4.69) is 49.3 Å². The molecule has 25 heavy (non-hydrogen) atoms. The van der Waals surface area contributed by atoms with Crippen LogP contribution in [0, 0.1) is 5.92 Å². The summed E-state index contributed by atoms with van der Waals surface area (Å²) in [7, 11) is 1.81. The maximum Gasteiger partial charge on any atom is 0.217 e. The number of carbonyl (C=O) groups is 1. The van der Waals surface area contributed by atoms with Crippen molar-refractivity contribution in [2.75, 3.05) is 26.7 Å². The van der Waals surface area contributed by atoms with Gasteiger partial charge in [-0.05, 0) is 49.3 Å². The predicted molar refractivity (Wildman–Crippen MR) is 117 cm³/mol. The number of aryl methyl sites for hydroxylation is 1. The molecule has 1 saturated heterocycles. The Labute approximate surface area is 176 Å². The molecule has 0 saturated carbocycles. The smallest absolute Gasteiger partial charge is 0.217 e. The minimum absolute atomic E-state index is 0. The third-order valence-corrected chi connectivity index (χ3v) is 4.83. The van der Waals surface area contributed by atoms with Crippen LogP contribution in [-0.4, -0.2) is 43.4 Å². The number of amides is 1. The summed E-state index contributed by atoms with van der Waals surface area (Å²) in [5.41, 5.74) is 6.67. The Morgan fingerprint density at radius 3 is 2.96 bits per heavy atom. The lowest BCUT2D eigenvalue weighted by Gasteiger charge is -2.34. The molecule has 2 rings (SSSR count). The summed E-state index contributed by atoms with van der Waals surface area (Å²) < 4.78 is 1.12. The maximum atomic E-state index is 11.1. The minimum atomic E-state index is -0.209. The van der Waals surface area contributed by atoms with E-state index < -0.39 is 0 Å². The Kier molecular flexibility index (Phi) is 10.4. The van der Waals surface area contributed by atoms with Crippen LogP contribution < -0.4 is 11.1 Å². The van der Waals surface area contributed by atoms with Crippen LogP contribution >= 0.6 is 39.9 Å². The molecule has 3 N–H and O–H groups in total. The molecule has 1 aromatic rings. The first-order valence-electron chi connectivity index (χ1n) is 8.57. The number of carbonyl (C=O) groups excluding carboxylic acids is 1. The molecule has 0 aromatic heterocycles. The van der Waals surface area contributed by atoms with E-state index in [1.807, 2.05) is 13.1 Å². The molecular formula is C18H28BrIN4O. The van der Waals surface area contributed by atoms with Gasteiger partial charge in [-0.1, -0.05) is 28.1 Å². The van der Waals surface area contributed by atoms with E-state index in [0.29, 0.717) is 12.3 Å². The average Bonchev–Trinajstić information content (AvgIpc) is 2.54. The summed E-state index contributed by atoms with van der Waals surface area (Å²) in [6, 6.07) is 8.42. The van der Waals surface area contributed by atoms with Gasteiger partial charge in [0, 0.05) is 37.6 Å². The van der Waals surface area contributed by atoms with Gasteiger partial charge in [0.1, 0.15) is 0 Å². The van der Waals surface area contributed by atoms with Crippen molar-refractivity contribution in [3.8, 4) is 0 Å². The highest BCUT2D eigenvalue weighted by atomic mass is 127. The molecule has 1 fully saturated rings. The summed E-state index contributed by atoms with van der Waals surface area (Å²) in [6.45, 7) is 2.73. The molecule has 140 valence electrons. The van der Waals surface area contributed by atoms with Crippen molar-refractivity contribution < 1.29 is 4.79 Å². The average molecular weight is 523 g/mol. The first-order valence-corrected chi connectivity index (χ1v) is 9.36. The Morgan fingerprint density at radius 1 is 1.48 bits per heavy atom. The maximum absolute atomic E-state index is 11.1. The fourth-order valence-electron chi connectivity index (χ4n) is 3.23. The summed E-state index contributed by atoms with van der Waals surface area (Å²) in [5.74, 6) is 1.06. The SMILES string of the molecule is CN=C(NCCCc1cccc(Br)c1)N1CCCC(CC(N)=O)C1.I. The monoisotopic (exact) mass is 522 g/mol. The van der Waals surface area contributed by atoms with Gasteiger partial charge in [-0.15, -0.1) is 24.0 Å². The zero-order valence-corrected chi connectivity index (χ0v) is 18.6. The Morgan fingerprint density at radius 2 is 2.28 bits per heavy atom. The number of aliphatic imine (C=N–C) groups is 1. The number of rotatable bonds is 6. The summed E-state index contributed by atoms with van der Waals surface area (Å²) >= 11 is 3.51. The Hall–Kier alpha value is -0.830. The number of piperidine rings is 1. The quantitative estimate of drug-likeness (QED) is 0.261. The fraction of sp³-hybridized carbons (Fsp3) is 0.556. The molecule has 1 heterocycles. The molecule has 0 radical (unpaired) electrons. The number of nitrogens with two attached hydrogens (primary N) is 1. The lowest BCUT2D eigenvalue weighted by molar-refractivity contribution is -0.119. The lowest BCUT2D eigenvalue weighted by atomic mass is 9.95. The number of benzene rings is 1. The molecule has 1 aliphatic rings. The summed E-state index contributed by atoms with van der Waals surface area (Å²) in [6.07, 6.45) is 4.70. The molecule has 1 unspecified atom stereocenters. The van der Waals surface area contributed by atoms with E-state index in [9.17, 15) is 4.79 Å². The molecule has 1 amide bonds. The molecule has 0 spiro atoms. The van der Waals surface area contributed by atoms with E-state index in [-0.39, 0.29) is 29.9 Å². The van der Waals surface area contributed by atoms with Crippen molar-refractivity contribution in [3.63, 3.8) is 0 Å². The molecule has 0 aliphatic carbocycles. The number of guanidine groups is 1. The third kappa shape index (κ3) is 7.94. The van der Waals surface area contributed by atoms with Gasteiger partial charge in [0.15, 0.2) is 5.96 Å². The van der Waals surface area contributed by atoms with E-state index in [1.54, 1.807) is 0 Å². The number of nitrogens with one attached hydrogen (secondary N) is 1. The van der Waals surface area contributed by atoms with Crippen LogP contribution in [-0.2, 0) is 11.2 Å². The number of nitrogens with zero attached hydrogens (tertiary/aromatic N) is 2. The van der Waals surface area contributed by atoms with Crippen LogP contribution in [0.5, 0.6) is 0 Å². The van der Waals surface area contributed by atoms with Crippen molar-refractivity contribution in [3.05, 3.63) is 34.3 Å². The van der Waals surface area contributed by atoms with Crippen LogP contribution in [0.2, 0.25) is 0 Å². The second-order valence-corrected chi connectivity index (χ2v) is 7.25. The van der Waals surface area contributed by atoms with Crippen LogP contribution in [0.1, 0.15) is 31.2 Å². The van der Waals surface area contributed by atoms with Gasteiger partial charge in [-0.2, -0.15) is 0 Å². The standard InChI is InChI=1S/C18H27BrN4O.HI/c1-21-18(23-10-4-7-15(13-23)12-17(20)24)22-9-3-6-14-5-2-8-16(19)11-14;/h2,5,8,11,15H,3-4,6-7,9-10,12-13H2,1H3,(H2,20,24)(H,21,22);1H. The van der Waals surface area contributed by atoms with Gasteiger partial charge >= 0.3 is 0 Å². The van der Waals surface area contributed by atoms with Crippen molar-refractivity contribution in [1.82, 2.24) is 10.2 Å². The molecule has 0 bridgehead atoms. The van der Waals surface area contributed by atoms with Crippen LogP contribution in [0.15, 0.2) is 33.7 Å². The number of halogens is 2. The molecule has 1 aromatic carbocycles. The molecule has 7 heteroatoms. The topological polar surface area (TPSA) is 70.7 Å². The van der Waals surface area contributed by atoms with Gasteiger partial charge in [0.05, 0.1) is 0 Å². The van der Waals surface area contributed by atoms with Gasteiger partial charge < -0.3 is 16.0 Å². The van der Waals surface area contributed by atoms with Gasteiger partial charge in [-0.3, -0.25) is 9.79 Å². The third-order valence-electron chi connectivity index (χ3n) is 4.33. The van der Waals surface area contributed by atoms with Crippen LogP contribution in [0.4, 0.5) is 0 Å². The van der Waals surface area contributed by atoms with Crippen LogP contribution in [0.3, 0.4) is 0 Å². The molecular weight excluding hydrogens is 495 g/mol. The Balaban J connectivity index is 0.00000312. The normalized spacial score (nSPS) is 17.8. The Bertz CT molecular complexity index is 582. The second kappa shape index (κ2) is 11.7. The van der Waals surface area contributed by atoms with E-state index in [0.717, 1.165) is 55.7 Å². The summed E-state index contributed by atoms with van der Waals surface area (Å²) in [5, 5.41) is 3.45. The second-order valence-electron chi connectivity index (χ2n) is 6.33. The van der Waals surface area contributed by atoms with E-state index in [4.69, 9.17) is 5.73 Å². The van der Waals surface area contributed by atoms with Gasteiger partial charge in [0.25, 0.3) is 0 Å². The van der Waals surface area contributed by atoms with Crippen molar-refractivity contribution in [2.24, 2.45) is 16.6 Å². The molecule has 1 aliphatic heterocycles. The zero-order valence-electron chi connectivity index (χ0n) is 14.7. The molecule has 5 nitrogen and oxygen atoms in total. The highest BCUT2D eigenvalue weighted by Gasteiger charge is 2.23. The minimum Gasteiger partial charge on any atom is -0.370 e. The van der Waals surface area contributed by atoms with Gasteiger partial charge in [-0.25, -0.2) is 0 Å². The number of primary amides is 1.